The van der Waals surface area contributed by atoms with E-state index >= 15 is 0 Å². The van der Waals surface area contributed by atoms with Crippen molar-refractivity contribution in [1.29, 1.82) is 0 Å². The van der Waals surface area contributed by atoms with Crippen LogP contribution in [-0.4, -0.2) is 6.10 Å². The maximum atomic E-state index is 13.8. The summed E-state index contributed by atoms with van der Waals surface area (Å²) >= 11 is 5.94. The van der Waals surface area contributed by atoms with Crippen molar-refractivity contribution in [2.45, 2.75) is 20.0 Å². The van der Waals surface area contributed by atoms with Crippen molar-refractivity contribution in [3.63, 3.8) is 0 Å². The Hall–Kier alpha value is -2.01. The first-order valence-corrected chi connectivity index (χ1v) is 6.73. The van der Waals surface area contributed by atoms with E-state index in [0.29, 0.717) is 5.69 Å². The third kappa shape index (κ3) is 3.55. The third-order valence-corrected chi connectivity index (χ3v) is 3.00. The highest BCUT2D eigenvalue weighted by molar-refractivity contribution is 6.33. The summed E-state index contributed by atoms with van der Waals surface area (Å²) in [6.07, 6.45) is -0.201. The van der Waals surface area contributed by atoms with E-state index < -0.39 is 11.6 Å². The van der Waals surface area contributed by atoms with Crippen LogP contribution in [0.3, 0.4) is 0 Å². The van der Waals surface area contributed by atoms with Crippen LogP contribution in [0, 0.1) is 11.6 Å². The highest BCUT2D eigenvalue weighted by Crippen LogP contribution is 2.34. The van der Waals surface area contributed by atoms with Crippen molar-refractivity contribution in [3.05, 3.63) is 47.0 Å². The summed E-state index contributed by atoms with van der Waals surface area (Å²) in [5, 5.41) is 2.97. The predicted molar refractivity (Wildman–Crippen MR) is 81.3 cm³/mol. The number of benzene rings is 2. The number of ether oxygens (including phenoxy) is 1. The number of rotatable bonds is 4. The van der Waals surface area contributed by atoms with Gasteiger partial charge in [-0.15, -0.1) is 0 Å². The lowest BCUT2D eigenvalue weighted by atomic mass is 10.2. The van der Waals surface area contributed by atoms with Crippen LogP contribution < -0.4 is 15.8 Å². The van der Waals surface area contributed by atoms with Crippen molar-refractivity contribution in [2.24, 2.45) is 0 Å². The van der Waals surface area contributed by atoms with Crippen molar-refractivity contribution >= 4 is 28.7 Å². The molecule has 0 radical (unpaired) electrons. The molecule has 0 aromatic heterocycles. The quantitative estimate of drug-likeness (QED) is 0.802. The summed E-state index contributed by atoms with van der Waals surface area (Å²) in [5.74, 6) is -1.07. The van der Waals surface area contributed by atoms with Gasteiger partial charge in [-0.25, -0.2) is 8.78 Å². The van der Waals surface area contributed by atoms with Crippen LogP contribution in [0.4, 0.5) is 25.8 Å². The van der Waals surface area contributed by atoms with Gasteiger partial charge in [0.1, 0.15) is 5.82 Å². The van der Waals surface area contributed by atoms with Gasteiger partial charge in [-0.1, -0.05) is 17.7 Å². The Morgan fingerprint density at radius 3 is 2.52 bits per heavy atom. The Morgan fingerprint density at radius 2 is 1.90 bits per heavy atom. The molecule has 0 aliphatic heterocycles. The van der Waals surface area contributed by atoms with Gasteiger partial charge in [-0.2, -0.15) is 0 Å². The summed E-state index contributed by atoms with van der Waals surface area (Å²) in [6, 6.07) is 6.80. The zero-order valence-corrected chi connectivity index (χ0v) is 12.3. The Labute approximate surface area is 126 Å². The minimum atomic E-state index is -0.577. The number of hydrogen-bond acceptors (Lipinski definition) is 3. The highest BCUT2D eigenvalue weighted by Gasteiger charge is 2.13. The van der Waals surface area contributed by atoms with E-state index in [1.165, 1.54) is 24.3 Å². The summed E-state index contributed by atoms with van der Waals surface area (Å²) in [6.45, 7) is 3.55. The van der Waals surface area contributed by atoms with Crippen molar-refractivity contribution < 1.29 is 13.5 Å². The number of nitrogen functional groups attached to an aromatic ring is 1. The first-order valence-electron chi connectivity index (χ1n) is 6.35. The van der Waals surface area contributed by atoms with Crippen molar-refractivity contribution in [2.75, 3.05) is 11.1 Å². The van der Waals surface area contributed by atoms with Crippen molar-refractivity contribution in [1.82, 2.24) is 0 Å². The monoisotopic (exact) mass is 312 g/mol. The van der Waals surface area contributed by atoms with Crippen LogP contribution in [0.25, 0.3) is 0 Å². The minimum absolute atomic E-state index is 0.0363. The molecular formula is C15H15ClF2N2O. The number of anilines is 3. The van der Waals surface area contributed by atoms with Gasteiger partial charge < -0.3 is 15.8 Å². The maximum absolute atomic E-state index is 13.8. The molecule has 112 valence electrons. The SMILES string of the molecule is CC(C)Oc1cc(Nc2c(F)cccc2Cl)c(N)cc1F. The van der Waals surface area contributed by atoms with E-state index in [4.69, 9.17) is 22.1 Å². The maximum Gasteiger partial charge on any atom is 0.167 e. The number of halogens is 3. The molecule has 3 N–H and O–H groups in total. The molecule has 0 fully saturated rings. The molecule has 2 aromatic carbocycles. The van der Waals surface area contributed by atoms with Gasteiger partial charge in [0.25, 0.3) is 0 Å². The summed E-state index contributed by atoms with van der Waals surface area (Å²) in [4.78, 5) is 0. The average Bonchev–Trinajstić information content (AvgIpc) is 2.38. The van der Waals surface area contributed by atoms with Gasteiger partial charge in [0.2, 0.25) is 0 Å². The minimum Gasteiger partial charge on any atom is -0.488 e. The van der Waals surface area contributed by atoms with Crippen molar-refractivity contribution in [3.8, 4) is 5.75 Å². The molecule has 6 heteroatoms. The molecule has 0 aliphatic rings. The fraction of sp³-hybridized carbons (Fsp3) is 0.200. The average molecular weight is 313 g/mol. The highest BCUT2D eigenvalue weighted by atomic mass is 35.5. The van der Waals surface area contributed by atoms with E-state index in [9.17, 15) is 8.78 Å². The van der Waals surface area contributed by atoms with Crippen LogP contribution in [0.5, 0.6) is 5.75 Å². The van der Waals surface area contributed by atoms with Crippen LogP contribution >= 0.6 is 11.6 Å². The molecule has 0 bridgehead atoms. The first-order chi connectivity index (χ1) is 9.88. The van der Waals surface area contributed by atoms with Crippen LogP contribution in [-0.2, 0) is 0 Å². The van der Waals surface area contributed by atoms with Gasteiger partial charge in [0.05, 0.1) is 28.2 Å². The standard InChI is InChI=1S/C15H15ClF2N2O/c1-8(2)21-14-7-13(12(19)6-11(14)18)20-15-9(16)4-3-5-10(15)17/h3-8,20H,19H2,1-2H3. The second-order valence-electron chi connectivity index (χ2n) is 4.76. The molecular weight excluding hydrogens is 298 g/mol. The lowest BCUT2D eigenvalue weighted by Crippen LogP contribution is -2.08. The Morgan fingerprint density at radius 1 is 1.19 bits per heavy atom. The van der Waals surface area contributed by atoms with Gasteiger partial charge in [-0.05, 0) is 26.0 Å². The fourth-order valence-electron chi connectivity index (χ4n) is 1.77. The number of nitrogens with one attached hydrogen (secondary N) is 1. The second-order valence-corrected chi connectivity index (χ2v) is 5.17. The van der Waals surface area contributed by atoms with Gasteiger partial charge >= 0.3 is 0 Å². The van der Waals surface area contributed by atoms with E-state index in [1.807, 2.05) is 0 Å². The van der Waals surface area contributed by atoms with Crippen LogP contribution in [0.1, 0.15) is 13.8 Å². The third-order valence-electron chi connectivity index (χ3n) is 2.69. The molecule has 21 heavy (non-hydrogen) atoms. The number of nitrogens with two attached hydrogens (primary N) is 1. The molecule has 0 heterocycles. The van der Waals surface area contributed by atoms with E-state index in [2.05, 4.69) is 5.32 Å². The van der Waals surface area contributed by atoms with Crippen LogP contribution in [0.15, 0.2) is 30.3 Å². The van der Waals surface area contributed by atoms with E-state index in [0.717, 1.165) is 6.07 Å². The molecule has 0 amide bonds. The van der Waals surface area contributed by atoms with Gasteiger partial charge in [-0.3, -0.25) is 0 Å². The second kappa shape index (κ2) is 6.18. The lowest BCUT2D eigenvalue weighted by molar-refractivity contribution is 0.231. The fourth-order valence-corrected chi connectivity index (χ4v) is 1.98. The lowest BCUT2D eigenvalue weighted by Gasteiger charge is -2.16. The van der Waals surface area contributed by atoms with E-state index in [1.54, 1.807) is 13.8 Å². The Kier molecular flexibility index (Phi) is 4.53. The molecule has 0 saturated heterocycles. The number of para-hydroxylation sites is 1. The van der Waals surface area contributed by atoms with Crippen LogP contribution in [0.2, 0.25) is 5.02 Å². The smallest absolute Gasteiger partial charge is 0.167 e. The Bertz CT molecular complexity index is 642. The topological polar surface area (TPSA) is 47.3 Å². The summed E-state index contributed by atoms with van der Waals surface area (Å²) in [7, 11) is 0. The molecule has 0 atom stereocenters. The normalized spacial score (nSPS) is 10.8. The largest absolute Gasteiger partial charge is 0.488 e. The molecule has 2 rings (SSSR count). The zero-order chi connectivity index (χ0) is 15.6. The molecule has 0 aliphatic carbocycles. The van der Waals surface area contributed by atoms with Gasteiger partial charge in [0.15, 0.2) is 11.6 Å². The molecule has 0 spiro atoms. The summed E-state index contributed by atoms with van der Waals surface area (Å²) < 4.78 is 32.9. The Balaban J connectivity index is 2.40. The molecule has 0 unspecified atom stereocenters. The number of hydrogen-bond donors (Lipinski definition) is 2. The molecule has 2 aromatic rings. The zero-order valence-electron chi connectivity index (χ0n) is 11.6. The van der Waals surface area contributed by atoms with Gasteiger partial charge in [0, 0.05) is 12.1 Å². The molecule has 0 saturated carbocycles. The first kappa shape index (κ1) is 15.4. The molecule has 3 nitrogen and oxygen atoms in total. The summed E-state index contributed by atoms with van der Waals surface area (Å²) in [5.41, 5.74) is 6.27. The van der Waals surface area contributed by atoms with E-state index in [-0.39, 0.29) is 28.3 Å². The predicted octanol–water partition coefficient (Wildman–Crippen LogP) is 4.73.